The highest BCUT2D eigenvalue weighted by Gasteiger charge is 1.98. The second-order valence-corrected chi connectivity index (χ2v) is 4.25. The normalized spacial score (nSPS) is 10.9. The molecule has 1 aromatic rings. The Bertz CT molecular complexity index is 259. The van der Waals surface area contributed by atoms with Crippen molar-refractivity contribution in [3.05, 3.63) is 35.9 Å². The highest BCUT2D eigenvalue weighted by atomic mass is 15.1. The Balaban J connectivity index is 2.06. The molecule has 90 valence electrons. The number of likely N-dealkylation sites (N-methyl/N-ethyl adjacent to an activating group) is 2. The van der Waals surface area contributed by atoms with Crippen LogP contribution in [-0.2, 0) is 6.42 Å². The number of hydrogen-bond acceptors (Lipinski definition) is 2. The standard InChI is InChI=1S/C14H24N2/c1-3-15-11-13-16(2)12-7-10-14-8-5-4-6-9-14/h4-6,8-9,15H,3,7,10-13H2,1-2H3. The van der Waals surface area contributed by atoms with Crippen molar-refractivity contribution in [1.82, 2.24) is 10.2 Å². The first kappa shape index (κ1) is 13.2. The Hall–Kier alpha value is -0.860. The summed E-state index contributed by atoms with van der Waals surface area (Å²) in [5, 5.41) is 3.35. The minimum Gasteiger partial charge on any atom is -0.316 e. The van der Waals surface area contributed by atoms with Gasteiger partial charge in [-0.2, -0.15) is 0 Å². The molecule has 1 N–H and O–H groups in total. The average Bonchev–Trinajstić information content (AvgIpc) is 2.31. The Morgan fingerprint density at radius 2 is 1.88 bits per heavy atom. The zero-order valence-corrected chi connectivity index (χ0v) is 10.6. The predicted octanol–water partition coefficient (Wildman–Crippen LogP) is 2.16. The zero-order chi connectivity index (χ0) is 11.6. The molecule has 0 radical (unpaired) electrons. The molecule has 0 spiro atoms. The first-order valence-electron chi connectivity index (χ1n) is 6.26. The van der Waals surface area contributed by atoms with Crippen LogP contribution in [0.15, 0.2) is 30.3 Å². The van der Waals surface area contributed by atoms with Gasteiger partial charge in [-0.25, -0.2) is 0 Å². The van der Waals surface area contributed by atoms with Gasteiger partial charge in [-0.1, -0.05) is 37.3 Å². The Labute approximate surface area is 99.7 Å². The third-order valence-electron chi connectivity index (χ3n) is 2.77. The lowest BCUT2D eigenvalue weighted by Gasteiger charge is -2.16. The molecule has 0 saturated carbocycles. The molecule has 0 amide bonds. The van der Waals surface area contributed by atoms with Crippen LogP contribution in [-0.4, -0.2) is 38.1 Å². The van der Waals surface area contributed by atoms with Crippen molar-refractivity contribution in [2.45, 2.75) is 19.8 Å². The van der Waals surface area contributed by atoms with E-state index in [9.17, 15) is 0 Å². The van der Waals surface area contributed by atoms with E-state index in [4.69, 9.17) is 0 Å². The smallest absolute Gasteiger partial charge is 0.0104 e. The van der Waals surface area contributed by atoms with Gasteiger partial charge in [0.1, 0.15) is 0 Å². The van der Waals surface area contributed by atoms with Gasteiger partial charge in [-0.15, -0.1) is 0 Å². The van der Waals surface area contributed by atoms with Crippen LogP contribution in [0, 0.1) is 0 Å². The summed E-state index contributed by atoms with van der Waals surface area (Å²) in [7, 11) is 2.20. The van der Waals surface area contributed by atoms with Crippen LogP contribution < -0.4 is 5.32 Å². The largest absolute Gasteiger partial charge is 0.316 e. The molecule has 0 fully saturated rings. The van der Waals surface area contributed by atoms with E-state index < -0.39 is 0 Å². The molecule has 2 heteroatoms. The van der Waals surface area contributed by atoms with Crippen LogP contribution in [0.3, 0.4) is 0 Å². The molecule has 1 rings (SSSR count). The van der Waals surface area contributed by atoms with Crippen LogP contribution in [0.2, 0.25) is 0 Å². The third-order valence-corrected chi connectivity index (χ3v) is 2.77. The molecule has 0 bridgehead atoms. The highest BCUT2D eigenvalue weighted by Crippen LogP contribution is 2.02. The van der Waals surface area contributed by atoms with Gasteiger partial charge < -0.3 is 10.2 Å². The van der Waals surface area contributed by atoms with E-state index in [0.29, 0.717) is 0 Å². The van der Waals surface area contributed by atoms with Crippen molar-refractivity contribution in [2.24, 2.45) is 0 Å². The molecule has 2 nitrogen and oxygen atoms in total. The topological polar surface area (TPSA) is 15.3 Å². The lowest BCUT2D eigenvalue weighted by molar-refractivity contribution is 0.328. The van der Waals surface area contributed by atoms with Gasteiger partial charge in [0.05, 0.1) is 0 Å². The van der Waals surface area contributed by atoms with Crippen LogP contribution >= 0.6 is 0 Å². The SMILES string of the molecule is CCNCCN(C)CCCc1ccccc1. The van der Waals surface area contributed by atoms with E-state index in [1.807, 2.05) is 0 Å². The summed E-state index contributed by atoms with van der Waals surface area (Å²) < 4.78 is 0. The monoisotopic (exact) mass is 220 g/mol. The molecule has 0 aromatic heterocycles. The summed E-state index contributed by atoms with van der Waals surface area (Å²) in [6, 6.07) is 10.7. The van der Waals surface area contributed by atoms with Crippen molar-refractivity contribution in [3.63, 3.8) is 0 Å². The number of nitrogens with one attached hydrogen (secondary N) is 1. The summed E-state index contributed by atoms with van der Waals surface area (Å²) >= 11 is 0. The van der Waals surface area contributed by atoms with Crippen LogP contribution in [0.5, 0.6) is 0 Å². The van der Waals surface area contributed by atoms with Crippen molar-refractivity contribution >= 4 is 0 Å². The highest BCUT2D eigenvalue weighted by molar-refractivity contribution is 5.14. The Morgan fingerprint density at radius 3 is 2.56 bits per heavy atom. The summed E-state index contributed by atoms with van der Waals surface area (Å²) in [5.74, 6) is 0. The average molecular weight is 220 g/mol. The minimum atomic E-state index is 1.07. The van der Waals surface area contributed by atoms with Crippen molar-refractivity contribution in [1.29, 1.82) is 0 Å². The van der Waals surface area contributed by atoms with Gasteiger partial charge in [-0.05, 0) is 38.5 Å². The molecular weight excluding hydrogens is 196 g/mol. The van der Waals surface area contributed by atoms with Gasteiger partial charge in [0, 0.05) is 13.1 Å². The molecule has 0 unspecified atom stereocenters. The first-order valence-corrected chi connectivity index (χ1v) is 6.26. The lowest BCUT2D eigenvalue weighted by Crippen LogP contribution is -2.29. The molecule has 0 heterocycles. The van der Waals surface area contributed by atoms with Gasteiger partial charge in [-0.3, -0.25) is 0 Å². The Morgan fingerprint density at radius 1 is 1.12 bits per heavy atom. The van der Waals surface area contributed by atoms with Crippen molar-refractivity contribution < 1.29 is 0 Å². The summed E-state index contributed by atoms with van der Waals surface area (Å²) in [6.07, 6.45) is 2.43. The van der Waals surface area contributed by atoms with E-state index in [1.165, 1.54) is 24.9 Å². The summed E-state index contributed by atoms with van der Waals surface area (Å²) in [5.41, 5.74) is 1.45. The van der Waals surface area contributed by atoms with Crippen molar-refractivity contribution in [3.8, 4) is 0 Å². The number of aryl methyl sites for hydroxylation is 1. The van der Waals surface area contributed by atoms with E-state index in [-0.39, 0.29) is 0 Å². The lowest BCUT2D eigenvalue weighted by atomic mass is 10.1. The maximum atomic E-state index is 3.35. The Kier molecular flexibility index (Phi) is 6.86. The number of rotatable bonds is 8. The number of benzene rings is 1. The van der Waals surface area contributed by atoms with E-state index in [0.717, 1.165) is 19.6 Å². The quantitative estimate of drug-likeness (QED) is 0.675. The van der Waals surface area contributed by atoms with E-state index in [2.05, 4.69) is 54.5 Å². The van der Waals surface area contributed by atoms with Crippen molar-refractivity contribution in [2.75, 3.05) is 33.2 Å². The van der Waals surface area contributed by atoms with E-state index in [1.54, 1.807) is 0 Å². The fourth-order valence-corrected chi connectivity index (χ4v) is 1.76. The second-order valence-electron chi connectivity index (χ2n) is 4.25. The maximum absolute atomic E-state index is 3.35. The molecule has 0 aliphatic carbocycles. The fraction of sp³-hybridized carbons (Fsp3) is 0.571. The minimum absolute atomic E-state index is 1.07. The molecule has 0 saturated heterocycles. The second kappa shape index (κ2) is 8.31. The molecule has 0 aliphatic heterocycles. The van der Waals surface area contributed by atoms with Crippen LogP contribution in [0.4, 0.5) is 0 Å². The molecule has 16 heavy (non-hydrogen) atoms. The number of hydrogen-bond donors (Lipinski definition) is 1. The van der Waals surface area contributed by atoms with E-state index >= 15 is 0 Å². The zero-order valence-electron chi connectivity index (χ0n) is 10.6. The molecule has 0 atom stereocenters. The predicted molar refractivity (Wildman–Crippen MR) is 70.8 cm³/mol. The third kappa shape index (κ3) is 5.89. The number of nitrogens with zero attached hydrogens (tertiary/aromatic N) is 1. The first-order chi connectivity index (χ1) is 7.83. The van der Waals surface area contributed by atoms with Crippen LogP contribution in [0.1, 0.15) is 18.9 Å². The summed E-state index contributed by atoms with van der Waals surface area (Å²) in [6.45, 7) is 6.63. The van der Waals surface area contributed by atoms with Gasteiger partial charge in [0.25, 0.3) is 0 Å². The molecule has 1 aromatic carbocycles. The fourth-order valence-electron chi connectivity index (χ4n) is 1.76. The van der Waals surface area contributed by atoms with Gasteiger partial charge in [0.2, 0.25) is 0 Å². The molecular formula is C14H24N2. The maximum Gasteiger partial charge on any atom is 0.0104 e. The molecule has 0 aliphatic rings. The summed E-state index contributed by atoms with van der Waals surface area (Å²) in [4.78, 5) is 2.39. The van der Waals surface area contributed by atoms with Crippen LogP contribution in [0.25, 0.3) is 0 Å². The van der Waals surface area contributed by atoms with Gasteiger partial charge in [0.15, 0.2) is 0 Å². The van der Waals surface area contributed by atoms with Gasteiger partial charge >= 0.3 is 0 Å².